The van der Waals surface area contributed by atoms with E-state index in [1.54, 1.807) is 12.1 Å². The monoisotopic (exact) mass is 348 g/mol. The normalized spacial score (nSPS) is 31.6. The van der Waals surface area contributed by atoms with Gasteiger partial charge in [0.05, 0.1) is 24.9 Å². The summed E-state index contributed by atoms with van der Waals surface area (Å²) in [4.78, 5) is 4.83. The van der Waals surface area contributed by atoms with Crippen LogP contribution in [0, 0.1) is 5.82 Å². The van der Waals surface area contributed by atoms with Crippen molar-refractivity contribution in [1.29, 1.82) is 0 Å². The molecular weight excluding hydrogens is 319 g/mol. The second-order valence-electron chi connectivity index (χ2n) is 7.78. The molecule has 2 atom stereocenters. The van der Waals surface area contributed by atoms with Crippen LogP contribution in [-0.4, -0.2) is 67.4 Å². The number of ether oxygens (including phenoxy) is 2. The van der Waals surface area contributed by atoms with Gasteiger partial charge in [0, 0.05) is 44.8 Å². The molecule has 3 saturated heterocycles. The minimum absolute atomic E-state index is 0.0134. The first-order valence-electron chi connectivity index (χ1n) is 9.66. The molecule has 1 aromatic rings. The molecule has 0 saturated carbocycles. The zero-order chi connectivity index (χ0) is 17.1. The van der Waals surface area contributed by atoms with E-state index in [1.807, 2.05) is 12.1 Å². The van der Waals surface area contributed by atoms with Crippen molar-refractivity contribution in [3.05, 3.63) is 35.6 Å². The highest BCUT2D eigenvalue weighted by Crippen LogP contribution is 2.37. The Bertz CT molecular complexity index is 579. The Morgan fingerprint density at radius 3 is 2.76 bits per heavy atom. The minimum Gasteiger partial charge on any atom is -0.379 e. The predicted octanol–water partition coefficient (Wildman–Crippen LogP) is 2.67. The summed E-state index contributed by atoms with van der Waals surface area (Å²) >= 11 is 0. The van der Waals surface area contributed by atoms with Crippen LogP contribution in [0.3, 0.4) is 0 Å². The third-order valence-corrected chi connectivity index (χ3v) is 5.89. The molecule has 25 heavy (non-hydrogen) atoms. The Morgan fingerprint density at radius 1 is 1.08 bits per heavy atom. The van der Waals surface area contributed by atoms with Gasteiger partial charge in [-0.25, -0.2) is 4.39 Å². The summed E-state index contributed by atoms with van der Waals surface area (Å²) in [6, 6.07) is 7.12. The number of benzene rings is 1. The molecule has 5 heteroatoms. The van der Waals surface area contributed by atoms with Gasteiger partial charge in [-0.2, -0.15) is 0 Å². The standard InChI is InChI=1S/C20H29FN2O2/c21-19-6-2-1-4-17(19)14-23-9-8-20(16-23)7-3-5-18(25-20)15-22-10-12-24-13-11-22/h1-2,4,6,18H,3,5,7-16H2/t18-,20+/m0/s1. The van der Waals surface area contributed by atoms with Crippen LogP contribution in [-0.2, 0) is 16.0 Å². The molecule has 0 N–H and O–H groups in total. The van der Waals surface area contributed by atoms with E-state index in [-0.39, 0.29) is 11.4 Å². The molecule has 0 aromatic heterocycles. The molecule has 0 radical (unpaired) electrons. The van der Waals surface area contributed by atoms with E-state index < -0.39 is 0 Å². The highest BCUT2D eigenvalue weighted by Gasteiger charge is 2.43. The van der Waals surface area contributed by atoms with Crippen LogP contribution in [0.2, 0.25) is 0 Å². The fraction of sp³-hybridized carbons (Fsp3) is 0.700. The molecule has 0 aliphatic carbocycles. The highest BCUT2D eigenvalue weighted by molar-refractivity contribution is 5.17. The van der Waals surface area contributed by atoms with Crippen molar-refractivity contribution in [2.45, 2.75) is 43.9 Å². The third-order valence-electron chi connectivity index (χ3n) is 5.89. The van der Waals surface area contributed by atoms with Crippen molar-refractivity contribution in [1.82, 2.24) is 9.80 Å². The maximum atomic E-state index is 13.9. The van der Waals surface area contributed by atoms with E-state index in [4.69, 9.17) is 9.47 Å². The molecule has 3 aliphatic rings. The number of morpholine rings is 1. The number of likely N-dealkylation sites (tertiary alicyclic amines) is 1. The van der Waals surface area contributed by atoms with E-state index in [1.165, 1.54) is 6.42 Å². The van der Waals surface area contributed by atoms with Crippen LogP contribution in [0.25, 0.3) is 0 Å². The third kappa shape index (κ3) is 4.22. The van der Waals surface area contributed by atoms with Crippen molar-refractivity contribution >= 4 is 0 Å². The lowest BCUT2D eigenvalue weighted by Crippen LogP contribution is -2.48. The SMILES string of the molecule is Fc1ccccc1CN1CC[C@]2(CCC[C@@H](CN3CCOCC3)O2)C1. The molecule has 0 amide bonds. The van der Waals surface area contributed by atoms with Gasteiger partial charge >= 0.3 is 0 Å². The smallest absolute Gasteiger partial charge is 0.127 e. The molecule has 138 valence electrons. The van der Waals surface area contributed by atoms with Crippen LogP contribution in [0.1, 0.15) is 31.2 Å². The quantitative estimate of drug-likeness (QED) is 0.835. The van der Waals surface area contributed by atoms with Gasteiger partial charge in [-0.1, -0.05) is 18.2 Å². The second kappa shape index (κ2) is 7.70. The molecule has 3 aliphatic heterocycles. The first kappa shape index (κ1) is 17.4. The first-order valence-corrected chi connectivity index (χ1v) is 9.66. The lowest BCUT2D eigenvalue weighted by molar-refractivity contribution is -0.132. The summed E-state index contributed by atoms with van der Waals surface area (Å²) in [7, 11) is 0. The van der Waals surface area contributed by atoms with Gasteiger partial charge in [-0.05, 0) is 31.7 Å². The Hall–Kier alpha value is -1.01. The Labute approximate surface area is 149 Å². The van der Waals surface area contributed by atoms with Gasteiger partial charge in [0.15, 0.2) is 0 Å². The van der Waals surface area contributed by atoms with Crippen LogP contribution in [0.5, 0.6) is 0 Å². The van der Waals surface area contributed by atoms with Crippen LogP contribution >= 0.6 is 0 Å². The van der Waals surface area contributed by atoms with E-state index >= 15 is 0 Å². The molecule has 3 heterocycles. The molecule has 4 nitrogen and oxygen atoms in total. The van der Waals surface area contributed by atoms with Crippen LogP contribution in [0.4, 0.5) is 4.39 Å². The summed E-state index contributed by atoms with van der Waals surface area (Å²) in [5, 5.41) is 0. The first-order chi connectivity index (χ1) is 12.2. The van der Waals surface area contributed by atoms with Crippen molar-refractivity contribution < 1.29 is 13.9 Å². The molecule has 4 rings (SSSR count). The molecule has 0 unspecified atom stereocenters. The Morgan fingerprint density at radius 2 is 1.92 bits per heavy atom. The summed E-state index contributed by atoms with van der Waals surface area (Å²) in [5.41, 5.74) is 0.778. The number of halogens is 1. The van der Waals surface area contributed by atoms with Gasteiger partial charge in [-0.15, -0.1) is 0 Å². The molecule has 0 bridgehead atoms. The van der Waals surface area contributed by atoms with Crippen LogP contribution in [0.15, 0.2) is 24.3 Å². The topological polar surface area (TPSA) is 24.9 Å². The van der Waals surface area contributed by atoms with E-state index in [9.17, 15) is 4.39 Å². The number of hydrogen-bond acceptors (Lipinski definition) is 4. The van der Waals surface area contributed by atoms with Gasteiger partial charge < -0.3 is 9.47 Å². The number of hydrogen-bond donors (Lipinski definition) is 0. The maximum Gasteiger partial charge on any atom is 0.127 e. The number of rotatable bonds is 4. The molecule has 3 fully saturated rings. The number of nitrogens with zero attached hydrogens (tertiary/aromatic N) is 2. The fourth-order valence-electron chi connectivity index (χ4n) is 4.55. The minimum atomic E-state index is -0.0989. The second-order valence-corrected chi connectivity index (χ2v) is 7.78. The zero-order valence-electron chi connectivity index (χ0n) is 15.0. The predicted molar refractivity (Wildman–Crippen MR) is 95.0 cm³/mol. The van der Waals surface area contributed by atoms with Crippen LogP contribution < -0.4 is 0 Å². The summed E-state index contributed by atoms with van der Waals surface area (Å²) in [5.74, 6) is -0.0989. The Balaban J connectivity index is 1.33. The Kier molecular flexibility index (Phi) is 5.36. The van der Waals surface area contributed by atoms with Gasteiger partial charge in [0.25, 0.3) is 0 Å². The van der Waals surface area contributed by atoms with Gasteiger partial charge in [-0.3, -0.25) is 9.80 Å². The lowest BCUT2D eigenvalue weighted by atomic mass is 9.90. The molecule has 1 spiro atoms. The zero-order valence-corrected chi connectivity index (χ0v) is 15.0. The average molecular weight is 348 g/mol. The largest absolute Gasteiger partial charge is 0.379 e. The maximum absolute atomic E-state index is 13.9. The van der Waals surface area contributed by atoms with E-state index in [2.05, 4.69) is 9.80 Å². The van der Waals surface area contributed by atoms with Crippen molar-refractivity contribution in [2.24, 2.45) is 0 Å². The molecule has 1 aromatic carbocycles. The summed E-state index contributed by atoms with van der Waals surface area (Å²) in [6.07, 6.45) is 4.94. The molecular formula is C20H29FN2O2. The van der Waals surface area contributed by atoms with Crippen molar-refractivity contribution in [2.75, 3.05) is 45.9 Å². The fourth-order valence-corrected chi connectivity index (χ4v) is 4.55. The van der Waals surface area contributed by atoms with E-state index in [0.717, 1.165) is 70.8 Å². The highest BCUT2D eigenvalue weighted by atomic mass is 19.1. The average Bonchev–Trinajstić information content (AvgIpc) is 3.00. The summed E-state index contributed by atoms with van der Waals surface area (Å²) in [6.45, 7) is 7.37. The van der Waals surface area contributed by atoms with Gasteiger partial charge in [0.1, 0.15) is 5.82 Å². The van der Waals surface area contributed by atoms with E-state index in [0.29, 0.717) is 12.6 Å². The van der Waals surface area contributed by atoms with Gasteiger partial charge in [0.2, 0.25) is 0 Å². The summed E-state index contributed by atoms with van der Waals surface area (Å²) < 4.78 is 26.0. The van der Waals surface area contributed by atoms with Crippen molar-refractivity contribution in [3.63, 3.8) is 0 Å². The lowest BCUT2D eigenvalue weighted by Gasteiger charge is -2.41. The van der Waals surface area contributed by atoms with Crippen molar-refractivity contribution in [3.8, 4) is 0 Å².